The molecule has 2 fully saturated rings. The van der Waals surface area contributed by atoms with Gasteiger partial charge in [0.05, 0.1) is 18.2 Å². The fraction of sp³-hybridized carbons (Fsp3) is 0.643. The smallest absolute Gasteiger partial charge is 0.227 e. The summed E-state index contributed by atoms with van der Waals surface area (Å²) in [6.45, 7) is 10.0. The van der Waals surface area contributed by atoms with Crippen molar-refractivity contribution in [3.63, 3.8) is 0 Å². The molecule has 2 aliphatic heterocycles. The van der Waals surface area contributed by atoms with Crippen LogP contribution in [0.3, 0.4) is 0 Å². The molecule has 184 valence electrons. The van der Waals surface area contributed by atoms with Crippen LogP contribution in [0.2, 0.25) is 0 Å². The third-order valence-corrected chi connectivity index (χ3v) is 6.98. The van der Waals surface area contributed by atoms with Crippen molar-refractivity contribution >= 4 is 22.7 Å². The molecule has 0 bridgehead atoms. The minimum Gasteiger partial charge on any atom is -0.495 e. The zero-order chi connectivity index (χ0) is 23.8. The number of ether oxygens (including phenoxy) is 1. The van der Waals surface area contributed by atoms with Gasteiger partial charge in [-0.2, -0.15) is 4.98 Å². The summed E-state index contributed by atoms with van der Waals surface area (Å²) >= 11 is 0. The van der Waals surface area contributed by atoms with E-state index in [0.717, 1.165) is 85.7 Å². The largest absolute Gasteiger partial charge is 0.495 e. The highest BCUT2D eigenvalue weighted by Gasteiger charge is 2.20. The summed E-state index contributed by atoms with van der Waals surface area (Å²) < 4.78 is 5.76. The number of rotatable bonds is 10. The van der Waals surface area contributed by atoms with Crippen LogP contribution in [-0.4, -0.2) is 60.7 Å². The molecule has 3 heterocycles. The number of methoxy groups -OCH3 is 1. The minimum atomic E-state index is 0.413. The van der Waals surface area contributed by atoms with Crippen molar-refractivity contribution in [3.05, 3.63) is 17.7 Å². The second-order valence-electron chi connectivity index (χ2n) is 9.66. The lowest BCUT2D eigenvalue weighted by Crippen LogP contribution is -2.23. The van der Waals surface area contributed by atoms with Gasteiger partial charge in [0.25, 0.3) is 0 Å². The Balaban J connectivity index is 1.67. The molecule has 2 aliphatic rings. The molecular formula is C28H41N5O. The van der Waals surface area contributed by atoms with Crippen LogP contribution in [0.4, 0.5) is 11.8 Å². The Hall–Kier alpha value is -2.52. The molecule has 2 aromatic rings. The summed E-state index contributed by atoms with van der Waals surface area (Å²) in [5.74, 6) is 9.30. The lowest BCUT2D eigenvalue weighted by molar-refractivity contribution is 0.348. The van der Waals surface area contributed by atoms with Crippen molar-refractivity contribution in [1.82, 2.24) is 14.9 Å². The van der Waals surface area contributed by atoms with E-state index in [9.17, 15) is 0 Å². The molecule has 0 unspecified atom stereocenters. The van der Waals surface area contributed by atoms with Gasteiger partial charge < -0.3 is 19.9 Å². The number of nitrogens with one attached hydrogen (secondary N) is 1. The Morgan fingerprint density at radius 2 is 1.71 bits per heavy atom. The maximum Gasteiger partial charge on any atom is 0.227 e. The van der Waals surface area contributed by atoms with Crippen LogP contribution in [0.1, 0.15) is 77.2 Å². The normalized spacial score (nSPS) is 16.3. The second-order valence-corrected chi connectivity index (χ2v) is 9.66. The Kier molecular flexibility index (Phi) is 8.87. The van der Waals surface area contributed by atoms with Gasteiger partial charge in [-0.15, -0.1) is 0 Å². The number of nitrogens with zero attached hydrogens (tertiary/aromatic N) is 4. The van der Waals surface area contributed by atoms with E-state index < -0.39 is 0 Å². The SMILES string of the molecule is CCCC(CCC)Nc1nc(N2CCCC2)nc2cc(C#CCCN3CCCC3)c(OC)cc12. The van der Waals surface area contributed by atoms with Crippen LogP contribution < -0.4 is 15.0 Å². The van der Waals surface area contributed by atoms with Gasteiger partial charge in [0.2, 0.25) is 5.95 Å². The first-order valence-electron chi connectivity index (χ1n) is 13.3. The van der Waals surface area contributed by atoms with Crippen molar-refractivity contribution in [3.8, 4) is 17.6 Å². The first-order valence-corrected chi connectivity index (χ1v) is 13.3. The summed E-state index contributed by atoms with van der Waals surface area (Å²) in [6, 6.07) is 4.58. The monoisotopic (exact) mass is 463 g/mol. The quantitative estimate of drug-likeness (QED) is 0.473. The van der Waals surface area contributed by atoms with Gasteiger partial charge in [-0.05, 0) is 63.7 Å². The van der Waals surface area contributed by atoms with Crippen molar-refractivity contribution in [2.75, 3.05) is 50.1 Å². The molecule has 0 atom stereocenters. The number of aromatic nitrogens is 2. The van der Waals surface area contributed by atoms with Gasteiger partial charge in [0, 0.05) is 37.5 Å². The van der Waals surface area contributed by atoms with Crippen molar-refractivity contribution in [2.24, 2.45) is 0 Å². The molecule has 0 spiro atoms. The first-order chi connectivity index (χ1) is 16.7. The van der Waals surface area contributed by atoms with E-state index in [1.54, 1.807) is 7.11 Å². The Morgan fingerprint density at radius 1 is 1.00 bits per heavy atom. The van der Waals surface area contributed by atoms with Crippen molar-refractivity contribution in [2.45, 2.75) is 77.7 Å². The highest BCUT2D eigenvalue weighted by atomic mass is 16.5. The Bertz CT molecular complexity index is 993. The van der Waals surface area contributed by atoms with E-state index in [1.165, 1.54) is 38.8 Å². The average Bonchev–Trinajstić information content (AvgIpc) is 3.56. The summed E-state index contributed by atoms with van der Waals surface area (Å²) in [6.07, 6.45) is 10.5. The molecule has 0 saturated carbocycles. The minimum absolute atomic E-state index is 0.413. The molecule has 6 heteroatoms. The molecule has 34 heavy (non-hydrogen) atoms. The number of benzene rings is 1. The van der Waals surface area contributed by atoms with Crippen molar-refractivity contribution in [1.29, 1.82) is 0 Å². The van der Waals surface area contributed by atoms with E-state index >= 15 is 0 Å². The van der Waals surface area contributed by atoms with Crippen LogP contribution in [-0.2, 0) is 0 Å². The molecule has 4 rings (SSSR count). The van der Waals surface area contributed by atoms with E-state index in [4.69, 9.17) is 14.7 Å². The lowest BCUT2D eigenvalue weighted by atomic mass is 10.1. The van der Waals surface area contributed by atoms with Crippen LogP contribution >= 0.6 is 0 Å². The van der Waals surface area contributed by atoms with E-state index in [1.807, 2.05) is 0 Å². The second kappa shape index (κ2) is 12.3. The van der Waals surface area contributed by atoms with Crippen LogP contribution in [0.15, 0.2) is 12.1 Å². The summed E-state index contributed by atoms with van der Waals surface area (Å²) in [5, 5.41) is 4.78. The molecule has 1 N–H and O–H groups in total. The zero-order valence-corrected chi connectivity index (χ0v) is 21.3. The zero-order valence-electron chi connectivity index (χ0n) is 21.3. The Labute approximate surface area is 205 Å². The molecule has 0 aliphatic carbocycles. The number of likely N-dealkylation sites (tertiary alicyclic amines) is 1. The molecule has 2 saturated heterocycles. The summed E-state index contributed by atoms with van der Waals surface area (Å²) in [5.41, 5.74) is 1.85. The third kappa shape index (κ3) is 6.13. The van der Waals surface area contributed by atoms with Gasteiger partial charge >= 0.3 is 0 Å². The van der Waals surface area contributed by atoms with Crippen LogP contribution in [0.5, 0.6) is 5.75 Å². The highest BCUT2D eigenvalue weighted by Crippen LogP contribution is 2.32. The first kappa shape index (κ1) is 24.6. The fourth-order valence-corrected chi connectivity index (χ4v) is 5.14. The maximum atomic E-state index is 5.76. The van der Waals surface area contributed by atoms with Crippen LogP contribution in [0.25, 0.3) is 10.9 Å². The molecule has 1 aromatic carbocycles. The predicted octanol–water partition coefficient (Wildman–Crippen LogP) is 5.46. The lowest BCUT2D eigenvalue weighted by Gasteiger charge is -2.22. The highest BCUT2D eigenvalue weighted by molar-refractivity contribution is 5.92. The van der Waals surface area contributed by atoms with E-state index in [-0.39, 0.29) is 0 Å². The standard InChI is InChI=1S/C28H41N5O/c1-4-12-23(13-5-2)29-27-24-21-26(34-3)22(14-6-7-15-32-16-8-9-17-32)20-25(24)30-28(31-27)33-18-10-11-19-33/h20-21,23H,4-5,7-13,15-19H2,1-3H3,(H,29,30,31). The maximum absolute atomic E-state index is 5.76. The number of anilines is 2. The van der Waals surface area contributed by atoms with Gasteiger partial charge in [-0.3, -0.25) is 0 Å². The summed E-state index contributed by atoms with van der Waals surface area (Å²) in [4.78, 5) is 14.8. The summed E-state index contributed by atoms with van der Waals surface area (Å²) in [7, 11) is 1.72. The molecule has 0 radical (unpaired) electrons. The number of hydrogen-bond acceptors (Lipinski definition) is 6. The predicted molar refractivity (Wildman–Crippen MR) is 142 cm³/mol. The molecule has 0 amide bonds. The molecular weight excluding hydrogens is 422 g/mol. The fourth-order valence-electron chi connectivity index (χ4n) is 5.14. The average molecular weight is 464 g/mol. The van der Waals surface area contributed by atoms with Crippen molar-refractivity contribution < 1.29 is 4.74 Å². The third-order valence-electron chi connectivity index (χ3n) is 6.98. The van der Waals surface area contributed by atoms with E-state index in [2.05, 4.69) is 52.9 Å². The van der Waals surface area contributed by atoms with Gasteiger partial charge in [0.15, 0.2) is 0 Å². The van der Waals surface area contributed by atoms with Crippen LogP contribution in [0, 0.1) is 11.8 Å². The van der Waals surface area contributed by atoms with Gasteiger partial charge in [-0.1, -0.05) is 38.5 Å². The van der Waals surface area contributed by atoms with Gasteiger partial charge in [0.1, 0.15) is 11.6 Å². The number of hydrogen-bond donors (Lipinski definition) is 1. The van der Waals surface area contributed by atoms with Gasteiger partial charge in [-0.25, -0.2) is 4.98 Å². The number of fused-ring (bicyclic) bond motifs is 1. The molecule has 1 aromatic heterocycles. The topological polar surface area (TPSA) is 53.5 Å². The Morgan fingerprint density at radius 3 is 2.38 bits per heavy atom. The van der Waals surface area contributed by atoms with E-state index in [0.29, 0.717) is 6.04 Å². The molecule has 6 nitrogen and oxygen atoms in total.